The van der Waals surface area contributed by atoms with Crippen LogP contribution in [-0.4, -0.2) is 5.11 Å². The van der Waals surface area contributed by atoms with Gasteiger partial charge in [-0.05, 0) is 25.0 Å². The third-order valence-corrected chi connectivity index (χ3v) is 1.74. The maximum Gasteiger partial charge on any atom is 0.118 e. The molecule has 0 unspecified atom stereocenters. The quantitative estimate of drug-likeness (QED) is 0.722. The molecule has 1 rings (SSSR count). The van der Waals surface area contributed by atoms with Crippen molar-refractivity contribution >= 4 is 0 Å². The molecule has 0 aromatic heterocycles. The lowest BCUT2D eigenvalue weighted by atomic mass is 10.1. The van der Waals surface area contributed by atoms with Crippen molar-refractivity contribution in [1.29, 1.82) is 5.26 Å². The largest absolute Gasteiger partial charge is 0.508 e. The molecule has 0 radical (unpaired) electrons. The molecule has 0 saturated carbocycles. The van der Waals surface area contributed by atoms with Gasteiger partial charge in [-0.3, -0.25) is 0 Å². The van der Waals surface area contributed by atoms with E-state index >= 15 is 0 Å². The highest BCUT2D eigenvalue weighted by Crippen LogP contribution is 2.19. The van der Waals surface area contributed by atoms with E-state index < -0.39 is 0 Å². The topological polar surface area (TPSA) is 44.0 Å². The van der Waals surface area contributed by atoms with Crippen LogP contribution >= 0.6 is 0 Å². The number of aryl methyl sites for hydroxylation is 2. The number of hydrogen-bond donors (Lipinski definition) is 1. The summed E-state index contributed by atoms with van der Waals surface area (Å²) >= 11 is 0. The fraction of sp³-hybridized carbons (Fsp3) is 0.300. The van der Waals surface area contributed by atoms with Crippen LogP contribution in [0, 0.1) is 18.3 Å². The van der Waals surface area contributed by atoms with Crippen LogP contribution in [-0.2, 0) is 6.42 Å². The molecule has 1 aromatic carbocycles. The third-order valence-electron chi connectivity index (χ3n) is 1.74. The fourth-order valence-electron chi connectivity index (χ4n) is 1.11. The number of phenols is 1. The first-order valence-corrected chi connectivity index (χ1v) is 3.89. The zero-order valence-electron chi connectivity index (χ0n) is 7.04. The summed E-state index contributed by atoms with van der Waals surface area (Å²) in [5.41, 5.74) is 1.97. The SMILES string of the molecule is Cc1ccc(O)c(CCC#N)c1. The minimum atomic E-state index is 0.288. The molecule has 0 aliphatic rings. The van der Waals surface area contributed by atoms with Crippen LogP contribution in [0.25, 0.3) is 0 Å². The molecule has 0 saturated heterocycles. The van der Waals surface area contributed by atoms with E-state index in [1.807, 2.05) is 19.1 Å². The molecule has 0 aliphatic heterocycles. The minimum Gasteiger partial charge on any atom is -0.508 e. The van der Waals surface area contributed by atoms with Crippen LogP contribution in [0.1, 0.15) is 17.5 Å². The lowest BCUT2D eigenvalue weighted by Gasteiger charge is -2.02. The molecule has 2 nitrogen and oxygen atoms in total. The van der Waals surface area contributed by atoms with Gasteiger partial charge in [0.25, 0.3) is 0 Å². The molecule has 0 amide bonds. The van der Waals surface area contributed by atoms with Crippen molar-refractivity contribution in [1.82, 2.24) is 0 Å². The van der Waals surface area contributed by atoms with E-state index in [-0.39, 0.29) is 5.75 Å². The highest BCUT2D eigenvalue weighted by molar-refractivity contribution is 5.35. The van der Waals surface area contributed by atoms with Crippen LogP contribution in [0.2, 0.25) is 0 Å². The molecule has 0 aliphatic carbocycles. The van der Waals surface area contributed by atoms with E-state index in [9.17, 15) is 5.11 Å². The van der Waals surface area contributed by atoms with Crippen molar-refractivity contribution in [2.75, 3.05) is 0 Å². The van der Waals surface area contributed by atoms with E-state index in [1.165, 1.54) is 0 Å². The summed E-state index contributed by atoms with van der Waals surface area (Å²) in [5, 5.41) is 17.7. The van der Waals surface area contributed by atoms with Gasteiger partial charge < -0.3 is 5.11 Å². The molecule has 1 aromatic rings. The molecule has 0 heterocycles. The van der Waals surface area contributed by atoms with Crippen molar-refractivity contribution in [2.45, 2.75) is 19.8 Å². The van der Waals surface area contributed by atoms with E-state index in [4.69, 9.17) is 5.26 Å². The number of phenolic OH excluding ortho intramolecular Hbond substituents is 1. The molecule has 0 bridgehead atoms. The van der Waals surface area contributed by atoms with Gasteiger partial charge in [0, 0.05) is 6.42 Å². The number of nitriles is 1. The number of benzene rings is 1. The van der Waals surface area contributed by atoms with E-state index in [1.54, 1.807) is 6.07 Å². The predicted molar refractivity (Wildman–Crippen MR) is 46.8 cm³/mol. The van der Waals surface area contributed by atoms with Gasteiger partial charge in [-0.15, -0.1) is 0 Å². The van der Waals surface area contributed by atoms with Crippen LogP contribution in [0.5, 0.6) is 5.75 Å². The molecular formula is C10H11NO. The van der Waals surface area contributed by atoms with Gasteiger partial charge in [0.05, 0.1) is 6.07 Å². The van der Waals surface area contributed by atoms with E-state index in [0.717, 1.165) is 11.1 Å². The first kappa shape index (κ1) is 8.61. The van der Waals surface area contributed by atoms with Crippen molar-refractivity contribution in [2.24, 2.45) is 0 Å². The van der Waals surface area contributed by atoms with Gasteiger partial charge in [0.2, 0.25) is 0 Å². The second-order valence-electron chi connectivity index (χ2n) is 2.79. The number of rotatable bonds is 2. The maximum absolute atomic E-state index is 9.35. The Morgan fingerprint density at radius 1 is 1.50 bits per heavy atom. The molecular weight excluding hydrogens is 150 g/mol. The second-order valence-corrected chi connectivity index (χ2v) is 2.79. The number of aromatic hydroxyl groups is 1. The Bertz CT molecular complexity index is 312. The van der Waals surface area contributed by atoms with Crippen molar-refractivity contribution in [3.8, 4) is 11.8 Å². The Morgan fingerprint density at radius 2 is 2.25 bits per heavy atom. The van der Waals surface area contributed by atoms with Crippen LogP contribution in [0.4, 0.5) is 0 Å². The Balaban J connectivity index is 2.84. The van der Waals surface area contributed by atoms with E-state index in [0.29, 0.717) is 12.8 Å². The Kier molecular flexibility index (Phi) is 2.71. The van der Waals surface area contributed by atoms with Crippen molar-refractivity contribution in [3.05, 3.63) is 29.3 Å². The predicted octanol–water partition coefficient (Wildman–Crippen LogP) is 2.16. The zero-order valence-corrected chi connectivity index (χ0v) is 7.04. The Morgan fingerprint density at radius 3 is 2.92 bits per heavy atom. The molecule has 1 N–H and O–H groups in total. The summed E-state index contributed by atoms with van der Waals surface area (Å²) in [4.78, 5) is 0. The Labute approximate surface area is 72.1 Å². The molecule has 0 fully saturated rings. The summed E-state index contributed by atoms with van der Waals surface area (Å²) in [6.07, 6.45) is 1.08. The standard InChI is InChI=1S/C10H11NO/c1-8-4-5-10(12)9(7-8)3-2-6-11/h4-5,7,12H,2-3H2,1H3. The normalized spacial score (nSPS) is 9.33. The van der Waals surface area contributed by atoms with Gasteiger partial charge in [-0.1, -0.05) is 17.7 Å². The van der Waals surface area contributed by atoms with Gasteiger partial charge in [0.15, 0.2) is 0 Å². The summed E-state index contributed by atoms with van der Waals surface area (Å²) < 4.78 is 0. The summed E-state index contributed by atoms with van der Waals surface area (Å²) in [7, 11) is 0. The van der Waals surface area contributed by atoms with Gasteiger partial charge >= 0.3 is 0 Å². The minimum absolute atomic E-state index is 0.288. The van der Waals surface area contributed by atoms with Crippen LogP contribution in [0.15, 0.2) is 18.2 Å². The van der Waals surface area contributed by atoms with Crippen molar-refractivity contribution < 1.29 is 5.11 Å². The first-order valence-electron chi connectivity index (χ1n) is 3.89. The molecule has 0 atom stereocenters. The smallest absolute Gasteiger partial charge is 0.118 e. The average molecular weight is 161 g/mol. The summed E-state index contributed by atoms with van der Waals surface area (Å²) in [6.45, 7) is 1.97. The zero-order chi connectivity index (χ0) is 8.97. The Hall–Kier alpha value is -1.49. The summed E-state index contributed by atoms with van der Waals surface area (Å²) in [5.74, 6) is 0.288. The fourth-order valence-corrected chi connectivity index (χ4v) is 1.11. The lowest BCUT2D eigenvalue weighted by molar-refractivity contribution is 0.468. The number of nitrogens with zero attached hydrogens (tertiary/aromatic N) is 1. The first-order chi connectivity index (χ1) is 5.74. The highest BCUT2D eigenvalue weighted by Gasteiger charge is 1.99. The average Bonchev–Trinajstić information content (AvgIpc) is 2.07. The van der Waals surface area contributed by atoms with Crippen LogP contribution < -0.4 is 0 Å². The van der Waals surface area contributed by atoms with E-state index in [2.05, 4.69) is 6.07 Å². The maximum atomic E-state index is 9.35. The lowest BCUT2D eigenvalue weighted by Crippen LogP contribution is -1.85. The molecule has 62 valence electrons. The summed E-state index contributed by atoms with van der Waals surface area (Å²) in [6, 6.07) is 7.48. The van der Waals surface area contributed by atoms with Gasteiger partial charge in [-0.25, -0.2) is 0 Å². The number of hydrogen-bond acceptors (Lipinski definition) is 2. The van der Waals surface area contributed by atoms with Gasteiger partial charge in [-0.2, -0.15) is 5.26 Å². The van der Waals surface area contributed by atoms with Crippen molar-refractivity contribution in [3.63, 3.8) is 0 Å². The molecule has 12 heavy (non-hydrogen) atoms. The second kappa shape index (κ2) is 3.77. The van der Waals surface area contributed by atoms with Crippen LogP contribution in [0.3, 0.4) is 0 Å². The highest BCUT2D eigenvalue weighted by atomic mass is 16.3. The van der Waals surface area contributed by atoms with Gasteiger partial charge in [0.1, 0.15) is 5.75 Å². The third kappa shape index (κ3) is 2.00. The molecule has 2 heteroatoms. The monoisotopic (exact) mass is 161 g/mol. The molecule has 0 spiro atoms.